The van der Waals surface area contributed by atoms with Crippen LogP contribution in [-0.2, 0) is 16.6 Å². The number of fused-ring (bicyclic) bond motifs is 3. The minimum Gasteiger partial charge on any atom is -0.431 e. The summed E-state index contributed by atoms with van der Waals surface area (Å²) in [6.45, 7) is 1.94. The van der Waals surface area contributed by atoms with E-state index in [0.29, 0.717) is 29.5 Å². The Labute approximate surface area is 178 Å². The minimum absolute atomic E-state index is 0.270. The summed E-state index contributed by atoms with van der Waals surface area (Å²) in [6, 6.07) is 13.2. The van der Waals surface area contributed by atoms with Crippen LogP contribution in [0.3, 0.4) is 0 Å². The predicted octanol–water partition coefficient (Wildman–Crippen LogP) is 3.84. The van der Waals surface area contributed by atoms with Crippen molar-refractivity contribution in [2.24, 2.45) is 0 Å². The van der Waals surface area contributed by atoms with Gasteiger partial charge in [-0.3, -0.25) is 4.90 Å². The third-order valence-electron chi connectivity index (χ3n) is 5.91. The first-order chi connectivity index (χ1) is 14.4. The van der Waals surface area contributed by atoms with Crippen LogP contribution >= 0.6 is 11.3 Å². The maximum atomic E-state index is 13.8. The molecule has 0 amide bonds. The molecule has 2 aliphatic rings. The van der Waals surface area contributed by atoms with Crippen molar-refractivity contribution in [1.29, 1.82) is 0 Å². The highest BCUT2D eigenvalue weighted by Gasteiger charge is 2.42. The quantitative estimate of drug-likeness (QED) is 0.595. The van der Waals surface area contributed by atoms with Gasteiger partial charge in [-0.2, -0.15) is 9.29 Å². The number of hydrogen-bond acceptors (Lipinski definition) is 6. The van der Waals surface area contributed by atoms with E-state index in [0.717, 1.165) is 29.6 Å². The molecule has 158 valence electrons. The second-order valence-electron chi connectivity index (χ2n) is 7.95. The molecular formula is C21H22FN3O3S2. The summed E-state index contributed by atoms with van der Waals surface area (Å²) in [5.74, 6) is 0.308. The fraction of sp³-hybridized carbons (Fsp3) is 0.381. The average molecular weight is 448 g/mol. The molecule has 0 aliphatic carbocycles. The molecule has 0 radical (unpaired) electrons. The van der Waals surface area contributed by atoms with Gasteiger partial charge in [-0.15, -0.1) is 0 Å². The van der Waals surface area contributed by atoms with Crippen LogP contribution in [0, 0.1) is 5.82 Å². The normalized spacial score (nSPS) is 22.6. The van der Waals surface area contributed by atoms with Crippen LogP contribution in [0.5, 0.6) is 10.9 Å². The van der Waals surface area contributed by atoms with Gasteiger partial charge in [0.15, 0.2) is 0 Å². The lowest BCUT2D eigenvalue weighted by atomic mass is 10.1. The highest BCUT2D eigenvalue weighted by Crippen LogP contribution is 2.34. The molecule has 2 saturated heterocycles. The van der Waals surface area contributed by atoms with Gasteiger partial charge in [-0.05, 0) is 42.7 Å². The zero-order chi connectivity index (χ0) is 20.9. The third-order valence-corrected chi connectivity index (χ3v) is 8.05. The van der Waals surface area contributed by atoms with E-state index >= 15 is 0 Å². The number of aromatic nitrogens is 1. The number of ether oxygens (including phenoxy) is 1. The predicted molar refractivity (Wildman–Crippen MR) is 115 cm³/mol. The van der Waals surface area contributed by atoms with E-state index in [-0.39, 0.29) is 17.9 Å². The Kier molecular flexibility index (Phi) is 5.01. The van der Waals surface area contributed by atoms with Crippen molar-refractivity contribution in [2.75, 3.05) is 19.3 Å². The lowest BCUT2D eigenvalue weighted by Crippen LogP contribution is -2.54. The summed E-state index contributed by atoms with van der Waals surface area (Å²) in [7, 11) is -3.13. The van der Waals surface area contributed by atoms with Gasteiger partial charge in [-0.25, -0.2) is 12.8 Å². The summed E-state index contributed by atoms with van der Waals surface area (Å²) < 4.78 is 45.8. The maximum Gasteiger partial charge on any atom is 0.279 e. The topological polar surface area (TPSA) is 62.7 Å². The van der Waals surface area contributed by atoms with Gasteiger partial charge in [0.25, 0.3) is 5.19 Å². The van der Waals surface area contributed by atoms with E-state index in [1.54, 1.807) is 10.4 Å². The molecule has 2 aliphatic heterocycles. The lowest BCUT2D eigenvalue weighted by molar-refractivity contribution is 0.103. The van der Waals surface area contributed by atoms with Crippen LogP contribution in [0.1, 0.15) is 18.4 Å². The Morgan fingerprint density at radius 1 is 1.13 bits per heavy atom. The smallest absolute Gasteiger partial charge is 0.279 e. The van der Waals surface area contributed by atoms with E-state index in [1.807, 2.05) is 30.3 Å². The Balaban J connectivity index is 1.26. The first kappa shape index (κ1) is 19.9. The van der Waals surface area contributed by atoms with Crippen LogP contribution in [0.25, 0.3) is 10.2 Å². The highest BCUT2D eigenvalue weighted by molar-refractivity contribution is 7.88. The van der Waals surface area contributed by atoms with Gasteiger partial charge in [0.1, 0.15) is 17.1 Å². The van der Waals surface area contributed by atoms with Crippen LogP contribution in [0.15, 0.2) is 42.5 Å². The number of piperazine rings is 1. The molecule has 5 rings (SSSR count). The van der Waals surface area contributed by atoms with E-state index in [1.165, 1.54) is 23.7 Å². The Hall–Kier alpha value is -2.07. The van der Waals surface area contributed by atoms with Gasteiger partial charge < -0.3 is 4.74 Å². The van der Waals surface area contributed by atoms with Crippen LogP contribution in [0.4, 0.5) is 4.39 Å². The van der Waals surface area contributed by atoms with Gasteiger partial charge in [-0.1, -0.05) is 29.5 Å². The molecule has 3 heterocycles. The summed E-state index contributed by atoms with van der Waals surface area (Å²) in [4.78, 5) is 6.66. The molecule has 2 fully saturated rings. The summed E-state index contributed by atoms with van der Waals surface area (Å²) in [6.07, 6.45) is 3.36. The second kappa shape index (κ2) is 7.56. The number of halogens is 1. The fourth-order valence-corrected chi connectivity index (χ4v) is 6.13. The van der Waals surface area contributed by atoms with Crippen molar-refractivity contribution in [1.82, 2.24) is 14.2 Å². The van der Waals surface area contributed by atoms with Crippen LogP contribution in [0.2, 0.25) is 0 Å². The van der Waals surface area contributed by atoms with Gasteiger partial charge in [0.2, 0.25) is 10.0 Å². The largest absolute Gasteiger partial charge is 0.431 e. The van der Waals surface area contributed by atoms with Crippen molar-refractivity contribution in [2.45, 2.75) is 31.5 Å². The lowest BCUT2D eigenvalue weighted by Gasteiger charge is -2.39. The zero-order valence-electron chi connectivity index (χ0n) is 16.5. The number of para-hydroxylation sites is 1. The molecule has 0 unspecified atom stereocenters. The fourth-order valence-electron chi connectivity index (χ4n) is 4.39. The van der Waals surface area contributed by atoms with Crippen molar-refractivity contribution in [3.05, 3.63) is 53.8 Å². The number of sulfonamides is 1. The number of benzene rings is 2. The van der Waals surface area contributed by atoms with Gasteiger partial charge in [0, 0.05) is 31.7 Å². The Morgan fingerprint density at radius 2 is 1.83 bits per heavy atom. The van der Waals surface area contributed by atoms with Crippen molar-refractivity contribution in [3.63, 3.8) is 0 Å². The SMILES string of the molecule is CS(=O)(=O)N1C[C@H]2CC[C@@H](C1)N2Cc1ccc(Oc2nc3c(F)cccc3s2)cc1. The maximum absolute atomic E-state index is 13.8. The van der Waals surface area contributed by atoms with Crippen molar-refractivity contribution in [3.8, 4) is 10.9 Å². The number of rotatable bonds is 5. The number of thiazole rings is 1. The standard InChI is InChI=1S/C21H22FN3O3S2/c1-30(26,27)24-12-15-7-8-16(13-24)25(15)11-14-5-9-17(10-6-14)28-21-23-20-18(22)3-2-4-19(20)29-21/h2-6,9-10,15-16H,7-8,11-13H2,1H3/t15-,16+. The number of nitrogens with zero attached hydrogens (tertiary/aromatic N) is 3. The molecule has 2 bridgehead atoms. The molecule has 1 aromatic heterocycles. The first-order valence-corrected chi connectivity index (χ1v) is 12.6. The molecule has 2 aromatic carbocycles. The molecule has 0 saturated carbocycles. The molecule has 9 heteroatoms. The van der Waals surface area contributed by atoms with Gasteiger partial charge in [0.05, 0.1) is 11.0 Å². The van der Waals surface area contributed by atoms with E-state index in [9.17, 15) is 12.8 Å². The number of hydrogen-bond donors (Lipinski definition) is 0. The summed E-state index contributed by atoms with van der Waals surface area (Å²) >= 11 is 1.31. The Bertz CT molecular complexity index is 1170. The van der Waals surface area contributed by atoms with Crippen LogP contribution < -0.4 is 4.74 Å². The van der Waals surface area contributed by atoms with Crippen molar-refractivity contribution >= 4 is 31.6 Å². The molecule has 2 atom stereocenters. The molecule has 30 heavy (non-hydrogen) atoms. The van der Waals surface area contributed by atoms with Crippen molar-refractivity contribution < 1.29 is 17.5 Å². The van der Waals surface area contributed by atoms with E-state index < -0.39 is 10.0 Å². The first-order valence-electron chi connectivity index (χ1n) is 9.89. The molecule has 0 spiro atoms. The van der Waals surface area contributed by atoms with E-state index in [2.05, 4.69) is 9.88 Å². The molecule has 6 nitrogen and oxygen atoms in total. The van der Waals surface area contributed by atoms with Gasteiger partial charge >= 0.3 is 0 Å². The molecule has 3 aromatic rings. The summed E-state index contributed by atoms with van der Waals surface area (Å²) in [5, 5.41) is 0.415. The second-order valence-corrected chi connectivity index (χ2v) is 10.9. The Morgan fingerprint density at radius 3 is 2.47 bits per heavy atom. The zero-order valence-corrected chi connectivity index (χ0v) is 18.1. The molecular weight excluding hydrogens is 425 g/mol. The van der Waals surface area contributed by atoms with Crippen LogP contribution in [-0.4, -0.2) is 54.0 Å². The molecule has 0 N–H and O–H groups in total. The van der Waals surface area contributed by atoms with E-state index in [4.69, 9.17) is 4.74 Å². The third kappa shape index (κ3) is 3.82. The minimum atomic E-state index is -3.13. The average Bonchev–Trinajstić information content (AvgIpc) is 3.19. The highest BCUT2D eigenvalue weighted by atomic mass is 32.2. The monoisotopic (exact) mass is 447 g/mol. The summed E-state index contributed by atoms with van der Waals surface area (Å²) in [5.41, 5.74) is 1.49.